The quantitative estimate of drug-likeness (QED) is 0.287. The average Bonchev–Trinajstić information content (AvgIpc) is 3.26. The molecule has 0 aliphatic heterocycles. The zero-order valence-electron chi connectivity index (χ0n) is 20.1. The molecule has 0 aliphatic carbocycles. The molecule has 184 valence electrons. The minimum absolute atomic E-state index is 0.132. The Hall–Kier alpha value is -3.56. The van der Waals surface area contributed by atoms with Gasteiger partial charge in [-0.3, -0.25) is 19.7 Å². The van der Waals surface area contributed by atoms with Crippen molar-refractivity contribution in [1.82, 2.24) is 9.80 Å². The molecule has 0 fully saturated rings. The first-order valence-corrected chi connectivity index (χ1v) is 12.0. The third-order valence-corrected chi connectivity index (χ3v) is 6.53. The summed E-state index contributed by atoms with van der Waals surface area (Å²) in [6, 6.07) is 18.1. The van der Waals surface area contributed by atoms with Gasteiger partial charge in [0.1, 0.15) is 6.54 Å². The van der Waals surface area contributed by atoms with Crippen LogP contribution in [0.5, 0.6) is 0 Å². The molecule has 0 spiro atoms. The van der Waals surface area contributed by atoms with Gasteiger partial charge < -0.3 is 14.5 Å². The number of hydrogen-bond acceptors (Lipinski definition) is 6. The van der Waals surface area contributed by atoms with Crippen LogP contribution in [0.3, 0.4) is 0 Å². The summed E-state index contributed by atoms with van der Waals surface area (Å²) < 4.78 is 5.15. The molecule has 9 heteroatoms. The predicted octanol–water partition coefficient (Wildman–Crippen LogP) is 4.59. The van der Waals surface area contributed by atoms with Crippen molar-refractivity contribution in [2.24, 2.45) is 0 Å². The molecule has 0 unspecified atom stereocenters. The number of amides is 2. The molecule has 35 heavy (non-hydrogen) atoms. The van der Waals surface area contributed by atoms with Crippen molar-refractivity contribution < 1.29 is 19.2 Å². The highest BCUT2D eigenvalue weighted by Gasteiger charge is 2.25. The van der Waals surface area contributed by atoms with Crippen LogP contribution in [0.1, 0.15) is 31.2 Å². The van der Waals surface area contributed by atoms with Crippen molar-refractivity contribution in [2.45, 2.75) is 26.9 Å². The maximum absolute atomic E-state index is 13.5. The molecule has 0 aliphatic rings. The molecule has 0 saturated heterocycles. The van der Waals surface area contributed by atoms with Gasteiger partial charge in [0.2, 0.25) is 5.91 Å². The Bertz CT molecular complexity index is 1180. The fourth-order valence-electron chi connectivity index (χ4n) is 3.63. The Balaban J connectivity index is 1.84. The number of carbonyl (C=O) groups excluding carboxylic acids is 2. The number of ether oxygens (including phenoxy) is 1. The molecule has 0 saturated carbocycles. The van der Waals surface area contributed by atoms with Gasteiger partial charge in [0.05, 0.1) is 18.1 Å². The van der Waals surface area contributed by atoms with E-state index in [-0.39, 0.29) is 36.9 Å². The van der Waals surface area contributed by atoms with E-state index in [1.807, 2.05) is 49.4 Å². The van der Waals surface area contributed by atoms with Crippen molar-refractivity contribution in [2.75, 3.05) is 26.8 Å². The first-order valence-electron chi connectivity index (χ1n) is 11.2. The molecule has 0 atom stereocenters. The predicted molar refractivity (Wildman–Crippen MR) is 135 cm³/mol. The van der Waals surface area contributed by atoms with E-state index in [2.05, 4.69) is 0 Å². The highest BCUT2D eigenvalue weighted by molar-refractivity contribution is 7.11. The SMILES string of the molecule is COCCN(CC(=O)N(Cc1ccccc1)Cc1ccc(C)s1)C(=O)c1ccc(C)c([N+](=O)[O-])c1. The van der Waals surface area contributed by atoms with Crippen molar-refractivity contribution in [3.05, 3.63) is 97.2 Å². The summed E-state index contributed by atoms with van der Waals surface area (Å²) in [5, 5.41) is 11.4. The molecule has 1 heterocycles. The monoisotopic (exact) mass is 495 g/mol. The van der Waals surface area contributed by atoms with Crippen molar-refractivity contribution in [3.63, 3.8) is 0 Å². The molecule has 2 amide bonds. The summed E-state index contributed by atoms with van der Waals surface area (Å²) in [6.45, 7) is 4.71. The maximum Gasteiger partial charge on any atom is 0.273 e. The van der Waals surface area contributed by atoms with Crippen LogP contribution in [0.4, 0.5) is 5.69 Å². The van der Waals surface area contributed by atoms with E-state index >= 15 is 0 Å². The van der Waals surface area contributed by atoms with Gasteiger partial charge in [-0.05, 0) is 37.6 Å². The van der Waals surface area contributed by atoms with Crippen molar-refractivity contribution >= 4 is 28.8 Å². The Morgan fingerprint density at radius 3 is 2.37 bits per heavy atom. The Morgan fingerprint density at radius 1 is 1.00 bits per heavy atom. The molecule has 8 nitrogen and oxygen atoms in total. The van der Waals surface area contributed by atoms with E-state index in [1.165, 1.54) is 18.1 Å². The molecular weight excluding hydrogens is 466 g/mol. The Kier molecular flexibility index (Phi) is 9.11. The molecule has 0 N–H and O–H groups in total. The minimum atomic E-state index is -0.513. The van der Waals surface area contributed by atoms with Crippen molar-refractivity contribution in [1.29, 1.82) is 0 Å². The lowest BCUT2D eigenvalue weighted by Crippen LogP contribution is -2.43. The lowest BCUT2D eigenvalue weighted by atomic mass is 10.1. The zero-order chi connectivity index (χ0) is 25.4. The summed E-state index contributed by atoms with van der Waals surface area (Å²) in [5.74, 6) is -0.670. The van der Waals surface area contributed by atoms with E-state index in [1.54, 1.807) is 35.3 Å². The largest absolute Gasteiger partial charge is 0.383 e. The number of nitro groups is 1. The van der Waals surface area contributed by atoms with E-state index in [9.17, 15) is 19.7 Å². The molecule has 3 aromatic rings. The number of aryl methyl sites for hydroxylation is 2. The zero-order valence-corrected chi connectivity index (χ0v) is 20.9. The van der Waals surface area contributed by atoms with E-state index in [4.69, 9.17) is 4.74 Å². The van der Waals surface area contributed by atoms with Crippen LogP contribution in [-0.2, 0) is 22.6 Å². The van der Waals surface area contributed by atoms with Crippen LogP contribution in [0.2, 0.25) is 0 Å². The topological polar surface area (TPSA) is 93.0 Å². The number of methoxy groups -OCH3 is 1. The Morgan fingerprint density at radius 2 is 1.74 bits per heavy atom. The van der Waals surface area contributed by atoms with Gasteiger partial charge in [-0.2, -0.15) is 0 Å². The third kappa shape index (κ3) is 7.21. The maximum atomic E-state index is 13.5. The lowest BCUT2D eigenvalue weighted by Gasteiger charge is -2.27. The van der Waals surface area contributed by atoms with Gasteiger partial charge in [0, 0.05) is 47.1 Å². The van der Waals surface area contributed by atoms with Crippen LogP contribution in [0.25, 0.3) is 0 Å². The lowest BCUT2D eigenvalue weighted by molar-refractivity contribution is -0.385. The van der Waals surface area contributed by atoms with Crippen LogP contribution in [0, 0.1) is 24.0 Å². The molecular formula is C26H29N3O5S. The first kappa shape index (κ1) is 26.1. The van der Waals surface area contributed by atoms with Gasteiger partial charge in [-0.25, -0.2) is 0 Å². The first-order chi connectivity index (χ1) is 16.8. The van der Waals surface area contributed by atoms with E-state index in [0.29, 0.717) is 18.7 Å². The van der Waals surface area contributed by atoms with Crippen LogP contribution >= 0.6 is 11.3 Å². The fourth-order valence-corrected chi connectivity index (χ4v) is 4.54. The number of nitrogens with zero attached hydrogens (tertiary/aromatic N) is 3. The number of benzene rings is 2. The number of rotatable bonds is 11. The standard InChI is InChI=1S/C26H29N3O5S/c1-19-9-11-22(15-24(19)29(32)33)26(31)27(13-14-34-3)18-25(30)28(16-21-7-5-4-6-8-21)17-23-12-10-20(2)35-23/h4-12,15H,13-14,16-18H2,1-3H3. The van der Waals surface area contributed by atoms with E-state index in [0.717, 1.165) is 15.3 Å². The summed E-state index contributed by atoms with van der Waals surface area (Å²) in [5.41, 5.74) is 1.48. The van der Waals surface area contributed by atoms with Crippen molar-refractivity contribution in [3.8, 4) is 0 Å². The average molecular weight is 496 g/mol. The van der Waals surface area contributed by atoms with Crippen LogP contribution in [-0.4, -0.2) is 53.3 Å². The normalized spacial score (nSPS) is 10.7. The minimum Gasteiger partial charge on any atom is -0.383 e. The molecule has 2 aromatic carbocycles. The van der Waals surface area contributed by atoms with Crippen LogP contribution < -0.4 is 0 Å². The van der Waals surface area contributed by atoms with Gasteiger partial charge in [0.25, 0.3) is 11.6 Å². The second-order valence-corrected chi connectivity index (χ2v) is 9.60. The fraction of sp³-hybridized carbons (Fsp3) is 0.308. The number of hydrogen-bond donors (Lipinski definition) is 0. The van der Waals surface area contributed by atoms with E-state index < -0.39 is 10.8 Å². The molecule has 1 aromatic heterocycles. The number of nitro benzene ring substituents is 1. The summed E-state index contributed by atoms with van der Waals surface area (Å²) in [6.07, 6.45) is 0. The summed E-state index contributed by atoms with van der Waals surface area (Å²) in [4.78, 5) is 42.9. The highest BCUT2D eigenvalue weighted by Crippen LogP contribution is 2.22. The van der Waals surface area contributed by atoms with Gasteiger partial charge >= 0.3 is 0 Å². The van der Waals surface area contributed by atoms with Gasteiger partial charge in [-0.1, -0.05) is 36.4 Å². The highest BCUT2D eigenvalue weighted by atomic mass is 32.1. The number of thiophene rings is 1. The number of carbonyl (C=O) groups is 2. The van der Waals surface area contributed by atoms with Gasteiger partial charge in [-0.15, -0.1) is 11.3 Å². The van der Waals surface area contributed by atoms with Gasteiger partial charge in [0.15, 0.2) is 0 Å². The second kappa shape index (κ2) is 12.2. The second-order valence-electron chi connectivity index (χ2n) is 8.23. The molecule has 3 rings (SSSR count). The Labute approximate surface area is 208 Å². The van der Waals surface area contributed by atoms with Crippen LogP contribution in [0.15, 0.2) is 60.7 Å². The smallest absolute Gasteiger partial charge is 0.273 e. The molecule has 0 radical (unpaired) electrons. The molecule has 0 bridgehead atoms. The third-order valence-electron chi connectivity index (χ3n) is 5.54. The summed E-state index contributed by atoms with van der Waals surface area (Å²) >= 11 is 1.63. The summed E-state index contributed by atoms with van der Waals surface area (Å²) in [7, 11) is 1.52.